The highest BCUT2D eigenvalue weighted by molar-refractivity contribution is 5.69. The molecule has 0 fully saturated rings. The van der Waals surface area contributed by atoms with Gasteiger partial charge in [0, 0.05) is 19.8 Å². The first-order chi connectivity index (χ1) is 7.66. The fourth-order valence-electron chi connectivity index (χ4n) is 0.726. The first-order valence-electron chi connectivity index (χ1n) is 4.82. The molecule has 0 amide bonds. The highest BCUT2D eigenvalue weighted by Crippen LogP contribution is 1.88. The molecule has 0 saturated carbocycles. The standard InChI is InChI=1S/C12H14O4/c1-11(13)16-10-8-6-4-3-5-7-9-12(14)15-2/h7-10H2,1-2H3. The van der Waals surface area contributed by atoms with Crippen molar-refractivity contribution in [2.45, 2.75) is 26.2 Å². The number of carbonyl (C=O) groups excluding carboxylic acids is 2. The minimum absolute atomic E-state index is 0.276. The monoisotopic (exact) mass is 222 g/mol. The zero-order valence-electron chi connectivity index (χ0n) is 9.46. The smallest absolute Gasteiger partial charge is 0.306 e. The molecule has 0 N–H and O–H groups in total. The Morgan fingerprint density at radius 3 is 2.31 bits per heavy atom. The van der Waals surface area contributed by atoms with Crippen LogP contribution in [-0.4, -0.2) is 25.7 Å². The van der Waals surface area contributed by atoms with Crippen molar-refractivity contribution < 1.29 is 19.1 Å². The third kappa shape index (κ3) is 10.1. The van der Waals surface area contributed by atoms with Crippen LogP contribution in [0.15, 0.2) is 0 Å². The van der Waals surface area contributed by atoms with E-state index in [9.17, 15) is 9.59 Å². The molecule has 0 radical (unpaired) electrons. The third-order valence-corrected chi connectivity index (χ3v) is 1.45. The Hall–Kier alpha value is -1.94. The van der Waals surface area contributed by atoms with Crippen LogP contribution in [0.3, 0.4) is 0 Å². The first kappa shape index (κ1) is 14.1. The molecule has 0 spiro atoms. The van der Waals surface area contributed by atoms with E-state index in [4.69, 9.17) is 0 Å². The summed E-state index contributed by atoms with van der Waals surface area (Å²) < 4.78 is 9.11. The van der Waals surface area contributed by atoms with E-state index in [0.717, 1.165) is 0 Å². The minimum Gasteiger partial charge on any atom is -0.469 e. The molecule has 0 heterocycles. The molecular formula is C12H14O4. The fourth-order valence-corrected chi connectivity index (χ4v) is 0.726. The van der Waals surface area contributed by atoms with Gasteiger partial charge in [-0.3, -0.25) is 9.59 Å². The Balaban J connectivity index is 3.56. The highest BCUT2D eigenvalue weighted by atomic mass is 16.5. The maximum Gasteiger partial charge on any atom is 0.306 e. The van der Waals surface area contributed by atoms with E-state index < -0.39 is 0 Å². The van der Waals surface area contributed by atoms with Crippen molar-refractivity contribution in [1.82, 2.24) is 0 Å². The minimum atomic E-state index is -0.314. The van der Waals surface area contributed by atoms with Gasteiger partial charge in [-0.25, -0.2) is 0 Å². The van der Waals surface area contributed by atoms with Crippen LogP contribution in [-0.2, 0) is 19.1 Å². The molecule has 0 atom stereocenters. The van der Waals surface area contributed by atoms with E-state index in [1.807, 2.05) is 0 Å². The van der Waals surface area contributed by atoms with Crippen LogP contribution in [0.2, 0.25) is 0 Å². The Labute approximate surface area is 95.3 Å². The second-order valence-electron chi connectivity index (χ2n) is 2.77. The highest BCUT2D eigenvalue weighted by Gasteiger charge is 1.95. The summed E-state index contributed by atoms with van der Waals surface area (Å²) in [6.45, 7) is 1.63. The van der Waals surface area contributed by atoms with Gasteiger partial charge in [-0.05, 0) is 11.8 Å². The lowest BCUT2D eigenvalue weighted by atomic mass is 10.3. The fraction of sp³-hybridized carbons (Fsp3) is 0.500. The topological polar surface area (TPSA) is 52.6 Å². The number of methoxy groups -OCH3 is 1. The molecule has 0 aromatic heterocycles. The van der Waals surface area contributed by atoms with E-state index in [1.165, 1.54) is 14.0 Å². The van der Waals surface area contributed by atoms with E-state index >= 15 is 0 Å². The van der Waals surface area contributed by atoms with Gasteiger partial charge in [-0.15, -0.1) is 0 Å². The number of hydrogen-bond acceptors (Lipinski definition) is 4. The molecule has 0 unspecified atom stereocenters. The van der Waals surface area contributed by atoms with E-state index in [-0.39, 0.29) is 25.0 Å². The normalized spacial score (nSPS) is 7.88. The lowest BCUT2D eigenvalue weighted by Crippen LogP contribution is -1.98. The van der Waals surface area contributed by atoms with Crippen LogP contribution in [0.25, 0.3) is 0 Å². The van der Waals surface area contributed by atoms with Crippen molar-refractivity contribution in [1.29, 1.82) is 0 Å². The molecule has 0 aromatic rings. The van der Waals surface area contributed by atoms with Crippen LogP contribution in [0.1, 0.15) is 26.2 Å². The Morgan fingerprint density at radius 1 is 1.12 bits per heavy atom. The Kier molecular flexibility index (Phi) is 8.44. The SMILES string of the molecule is COC(=O)CCC#CC#CCCOC(C)=O. The van der Waals surface area contributed by atoms with Crippen molar-refractivity contribution in [3.63, 3.8) is 0 Å². The molecule has 0 aliphatic heterocycles. The summed E-state index contributed by atoms with van der Waals surface area (Å²) >= 11 is 0. The van der Waals surface area contributed by atoms with Crippen molar-refractivity contribution >= 4 is 11.9 Å². The van der Waals surface area contributed by atoms with Crippen molar-refractivity contribution in [2.24, 2.45) is 0 Å². The molecule has 0 aromatic carbocycles. The number of rotatable bonds is 4. The number of ether oxygens (including phenoxy) is 2. The maximum atomic E-state index is 10.7. The Bertz CT molecular complexity index is 349. The molecule has 4 nitrogen and oxygen atoms in total. The quantitative estimate of drug-likeness (QED) is 0.403. The molecule has 0 rings (SSSR count). The van der Waals surface area contributed by atoms with Crippen molar-refractivity contribution in [2.75, 3.05) is 13.7 Å². The maximum absolute atomic E-state index is 10.7. The van der Waals surface area contributed by atoms with Crippen LogP contribution in [0.5, 0.6) is 0 Å². The predicted molar refractivity (Wildman–Crippen MR) is 58.1 cm³/mol. The summed E-state index contributed by atoms with van der Waals surface area (Å²) in [6.07, 6.45) is 1.18. The molecule has 0 bridgehead atoms. The summed E-state index contributed by atoms with van der Waals surface area (Å²) in [4.78, 5) is 21.0. The molecule has 0 saturated heterocycles. The zero-order valence-corrected chi connectivity index (χ0v) is 9.46. The van der Waals surface area contributed by atoms with Gasteiger partial charge in [0.2, 0.25) is 0 Å². The molecule has 16 heavy (non-hydrogen) atoms. The predicted octanol–water partition coefficient (Wildman–Crippen LogP) is 0.900. The number of hydrogen-bond donors (Lipinski definition) is 0. The number of esters is 2. The second-order valence-corrected chi connectivity index (χ2v) is 2.77. The Morgan fingerprint density at radius 2 is 1.75 bits per heavy atom. The van der Waals surface area contributed by atoms with Gasteiger partial charge in [0.15, 0.2) is 0 Å². The van der Waals surface area contributed by atoms with Gasteiger partial charge in [0.25, 0.3) is 0 Å². The second kappa shape index (κ2) is 9.61. The average Bonchev–Trinajstić information content (AvgIpc) is 2.26. The molecule has 4 heteroatoms. The van der Waals surface area contributed by atoms with E-state index in [2.05, 4.69) is 33.2 Å². The van der Waals surface area contributed by atoms with Crippen LogP contribution < -0.4 is 0 Å². The van der Waals surface area contributed by atoms with Crippen molar-refractivity contribution in [3.8, 4) is 23.7 Å². The molecular weight excluding hydrogens is 208 g/mol. The van der Waals surface area contributed by atoms with Gasteiger partial charge in [0.1, 0.15) is 6.61 Å². The van der Waals surface area contributed by atoms with Gasteiger partial charge in [0.05, 0.1) is 13.5 Å². The van der Waals surface area contributed by atoms with Crippen molar-refractivity contribution in [3.05, 3.63) is 0 Å². The lowest BCUT2D eigenvalue weighted by molar-refractivity contribution is -0.141. The van der Waals surface area contributed by atoms with Crippen LogP contribution >= 0.6 is 0 Å². The van der Waals surface area contributed by atoms with Gasteiger partial charge in [-0.1, -0.05) is 11.8 Å². The van der Waals surface area contributed by atoms with Crippen LogP contribution in [0.4, 0.5) is 0 Å². The van der Waals surface area contributed by atoms with Crippen LogP contribution in [0, 0.1) is 23.7 Å². The van der Waals surface area contributed by atoms with Gasteiger partial charge in [-0.2, -0.15) is 0 Å². The molecule has 0 aliphatic carbocycles. The first-order valence-corrected chi connectivity index (χ1v) is 4.82. The summed E-state index contributed by atoms with van der Waals surface area (Å²) in [7, 11) is 1.34. The van der Waals surface area contributed by atoms with E-state index in [0.29, 0.717) is 12.8 Å². The van der Waals surface area contributed by atoms with Gasteiger partial charge >= 0.3 is 11.9 Å². The summed E-state index contributed by atoms with van der Waals surface area (Å²) in [5.41, 5.74) is 0. The lowest BCUT2D eigenvalue weighted by Gasteiger charge is -1.93. The summed E-state index contributed by atoms with van der Waals surface area (Å²) in [5, 5.41) is 0. The average molecular weight is 222 g/mol. The number of carbonyl (C=O) groups is 2. The summed E-state index contributed by atoms with van der Waals surface area (Å²) in [6, 6.07) is 0. The molecule has 0 aliphatic rings. The zero-order chi connectivity index (χ0) is 12.2. The van der Waals surface area contributed by atoms with Gasteiger partial charge < -0.3 is 9.47 Å². The molecule has 86 valence electrons. The third-order valence-electron chi connectivity index (χ3n) is 1.45. The van der Waals surface area contributed by atoms with E-state index in [1.54, 1.807) is 0 Å². The largest absolute Gasteiger partial charge is 0.469 e. The summed E-state index contributed by atoms with van der Waals surface area (Å²) in [5.74, 6) is 10.0.